The number of benzene rings is 1. The summed E-state index contributed by atoms with van der Waals surface area (Å²) in [7, 11) is 0. The van der Waals surface area contributed by atoms with Gasteiger partial charge < -0.3 is 5.32 Å². The highest BCUT2D eigenvalue weighted by Crippen LogP contribution is 2.28. The number of thioether (sulfide) groups is 1. The lowest BCUT2D eigenvalue weighted by Gasteiger charge is -2.14. The molecule has 4 rings (SSSR count). The Morgan fingerprint density at radius 1 is 1.14 bits per heavy atom. The van der Waals surface area contributed by atoms with Crippen LogP contribution in [0.3, 0.4) is 0 Å². The van der Waals surface area contributed by atoms with Gasteiger partial charge in [0.1, 0.15) is 5.82 Å². The van der Waals surface area contributed by atoms with Crippen molar-refractivity contribution in [2.45, 2.75) is 44.1 Å². The largest absolute Gasteiger partial charge is 0.310 e. The average molecular weight is 395 g/mol. The first-order chi connectivity index (χ1) is 13.5. The standard InChI is InChI=1S/C20H22N6OS/c1-12(2)26-17(9-10-21-26)22-19(27)14(4)28-20-24-23-18-11-13(3)15-7-5-6-8-16(15)25(18)20/h5-12,14H,1-4H3,(H,22,27). The summed E-state index contributed by atoms with van der Waals surface area (Å²) < 4.78 is 3.80. The van der Waals surface area contributed by atoms with Gasteiger partial charge in [-0.05, 0) is 45.4 Å². The zero-order valence-corrected chi connectivity index (χ0v) is 17.1. The minimum atomic E-state index is -0.344. The molecule has 0 saturated carbocycles. The van der Waals surface area contributed by atoms with Gasteiger partial charge in [0.15, 0.2) is 10.8 Å². The molecule has 4 aromatic rings. The number of hydrogen-bond acceptors (Lipinski definition) is 5. The van der Waals surface area contributed by atoms with Crippen LogP contribution in [0.2, 0.25) is 0 Å². The van der Waals surface area contributed by atoms with E-state index in [-0.39, 0.29) is 17.2 Å². The van der Waals surface area contributed by atoms with Crippen molar-refractivity contribution in [1.29, 1.82) is 0 Å². The second kappa shape index (κ2) is 7.27. The minimum Gasteiger partial charge on any atom is -0.310 e. The van der Waals surface area contributed by atoms with E-state index < -0.39 is 0 Å². The van der Waals surface area contributed by atoms with Gasteiger partial charge in [-0.15, -0.1) is 10.2 Å². The third kappa shape index (κ3) is 3.24. The Labute approximate surface area is 167 Å². The van der Waals surface area contributed by atoms with Crippen molar-refractivity contribution < 1.29 is 4.79 Å². The molecule has 144 valence electrons. The fourth-order valence-electron chi connectivity index (χ4n) is 3.22. The molecule has 0 aliphatic carbocycles. The smallest absolute Gasteiger partial charge is 0.238 e. The second-order valence-electron chi connectivity index (χ2n) is 7.02. The summed E-state index contributed by atoms with van der Waals surface area (Å²) in [6.45, 7) is 7.98. The van der Waals surface area contributed by atoms with Crippen LogP contribution < -0.4 is 5.32 Å². The summed E-state index contributed by atoms with van der Waals surface area (Å²) in [5, 5.41) is 17.4. The number of carbonyl (C=O) groups excluding carboxylic acids is 1. The van der Waals surface area contributed by atoms with Crippen LogP contribution in [-0.4, -0.2) is 35.5 Å². The zero-order valence-electron chi connectivity index (χ0n) is 16.2. The molecule has 0 radical (unpaired) electrons. The molecule has 1 amide bonds. The first-order valence-corrected chi connectivity index (χ1v) is 10.1. The van der Waals surface area contributed by atoms with E-state index in [0.717, 1.165) is 22.1 Å². The number of fused-ring (bicyclic) bond motifs is 3. The van der Waals surface area contributed by atoms with Crippen LogP contribution in [0, 0.1) is 6.92 Å². The van der Waals surface area contributed by atoms with Gasteiger partial charge in [-0.25, -0.2) is 4.68 Å². The molecule has 0 aliphatic rings. The fourth-order valence-corrected chi connectivity index (χ4v) is 4.08. The first kappa shape index (κ1) is 18.5. The van der Waals surface area contributed by atoms with Gasteiger partial charge in [-0.1, -0.05) is 30.0 Å². The van der Waals surface area contributed by atoms with Crippen LogP contribution in [0.1, 0.15) is 32.4 Å². The second-order valence-corrected chi connectivity index (χ2v) is 8.33. The van der Waals surface area contributed by atoms with Gasteiger partial charge in [-0.3, -0.25) is 9.20 Å². The zero-order chi connectivity index (χ0) is 19.8. The number of pyridine rings is 1. The summed E-state index contributed by atoms with van der Waals surface area (Å²) >= 11 is 1.39. The van der Waals surface area contributed by atoms with Crippen LogP contribution in [0.4, 0.5) is 5.82 Å². The lowest BCUT2D eigenvalue weighted by molar-refractivity contribution is -0.115. The molecule has 1 atom stereocenters. The number of aryl methyl sites for hydroxylation is 1. The van der Waals surface area contributed by atoms with Crippen molar-refractivity contribution in [3.63, 3.8) is 0 Å². The molecule has 1 N–H and O–H groups in total. The number of para-hydroxylation sites is 1. The number of carbonyl (C=O) groups is 1. The van der Waals surface area contributed by atoms with E-state index in [9.17, 15) is 4.79 Å². The van der Waals surface area contributed by atoms with Crippen LogP contribution in [-0.2, 0) is 4.79 Å². The molecular weight excluding hydrogens is 372 g/mol. The first-order valence-electron chi connectivity index (χ1n) is 9.20. The number of hydrogen-bond donors (Lipinski definition) is 1. The van der Waals surface area contributed by atoms with E-state index in [2.05, 4.69) is 39.7 Å². The van der Waals surface area contributed by atoms with Crippen molar-refractivity contribution in [3.05, 3.63) is 48.2 Å². The van der Waals surface area contributed by atoms with Gasteiger partial charge in [0.05, 0.1) is 17.0 Å². The lowest BCUT2D eigenvalue weighted by atomic mass is 10.1. The fraction of sp³-hybridized carbons (Fsp3) is 0.300. The van der Waals surface area contributed by atoms with Gasteiger partial charge in [0.25, 0.3) is 0 Å². The van der Waals surface area contributed by atoms with Crippen molar-refractivity contribution in [2.24, 2.45) is 0 Å². The van der Waals surface area contributed by atoms with Crippen LogP contribution >= 0.6 is 11.8 Å². The Hall–Kier alpha value is -2.87. The molecule has 3 heterocycles. The monoisotopic (exact) mass is 394 g/mol. The molecule has 3 aromatic heterocycles. The van der Waals surface area contributed by atoms with Crippen LogP contribution in [0.5, 0.6) is 0 Å². The molecule has 0 bridgehead atoms. The van der Waals surface area contributed by atoms with Crippen molar-refractivity contribution in [2.75, 3.05) is 5.32 Å². The maximum atomic E-state index is 12.7. The molecule has 8 heteroatoms. The number of nitrogens with zero attached hydrogens (tertiary/aromatic N) is 5. The van der Waals surface area contributed by atoms with Gasteiger partial charge in [0.2, 0.25) is 5.91 Å². The Kier molecular flexibility index (Phi) is 4.80. The van der Waals surface area contributed by atoms with Crippen LogP contribution in [0.15, 0.2) is 47.8 Å². The van der Waals surface area contributed by atoms with Crippen molar-refractivity contribution in [3.8, 4) is 0 Å². The highest BCUT2D eigenvalue weighted by atomic mass is 32.2. The van der Waals surface area contributed by atoms with E-state index >= 15 is 0 Å². The number of aromatic nitrogens is 5. The average Bonchev–Trinajstić information content (AvgIpc) is 3.29. The van der Waals surface area contributed by atoms with E-state index in [1.54, 1.807) is 16.9 Å². The predicted molar refractivity (Wildman–Crippen MR) is 112 cm³/mol. The van der Waals surface area contributed by atoms with E-state index in [0.29, 0.717) is 11.0 Å². The Bertz CT molecular complexity index is 1160. The summed E-state index contributed by atoms with van der Waals surface area (Å²) in [5.74, 6) is 0.597. The predicted octanol–water partition coefficient (Wildman–Crippen LogP) is 4.09. The highest BCUT2D eigenvalue weighted by Gasteiger charge is 2.20. The number of anilines is 1. The number of amides is 1. The van der Waals surface area contributed by atoms with Crippen molar-refractivity contribution in [1.82, 2.24) is 24.4 Å². The quantitative estimate of drug-likeness (QED) is 0.516. The third-order valence-corrected chi connectivity index (χ3v) is 5.68. The molecule has 0 fully saturated rings. The Morgan fingerprint density at radius 2 is 1.93 bits per heavy atom. The van der Waals surface area contributed by atoms with E-state index in [1.165, 1.54) is 11.8 Å². The number of rotatable bonds is 5. The van der Waals surface area contributed by atoms with Gasteiger partial charge in [0, 0.05) is 17.5 Å². The van der Waals surface area contributed by atoms with E-state index in [4.69, 9.17) is 0 Å². The summed E-state index contributed by atoms with van der Waals surface area (Å²) in [6, 6.07) is 12.1. The van der Waals surface area contributed by atoms with Crippen LogP contribution in [0.25, 0.3) is 16.6 Å². The Morgan fingerprint density at radius 3 is 2.71 bits per heavy atom. The van der Waals surface area contributed by atoms with Gasteiger partial charge >= 0.3 is 0 Å². The molecule has 0 saturated heterocycles. The number of nitrogens with one attached hydrogen (secondary N) is 1. The Balaban J connectivity index is 1.62. The topological polar surface area (TPSA) is 77.1 Å². The maximum Gasteiger partial charge on any atom is 0.238 e. The molecule has 7 nitrogen and oxygen atoms in total. The molecule has 1 aromatic carbocycles. The summed E-state index contributed by atoms with van der Waals surface area (Å²) in [4.78, 5) is 12.7. The molecule has 0 aliphatic heterocycles. The highest BCUT2D eigenvalue weighted by molar-refractivity contribution is 8.00. The molecule has 28 heavy (non-hydrogen) atoms. The summed E-state index contributed by atoms with van der Waals surface area (Å²) in [5.41, 5.74) is 2.97. The summed E-state index contributed by atoms with van der Waals surface area (Å²) in [6.07, 6.45) is 1.69. The normalized spacial score (nSPS) is 12.8. The third-order valence-electron chi connectivity index (χ3n) is 4.64. The SMILES string of the molecule is Cc1cc2nnc(SC(C)C(=O)Nc3ccnn3C(C)C)n2c2ccccc12. The van der Waals surface area contributed by atoms with E-state index in [1.807, 2.05) is 43.4 Å². The van der Waals surface area contributed by atoms with Crippen molar-refractivity contribution >= 4 is 40.0 Å². The molecule has 0 spiro atoms. The minimum absolute atomic E-state index is 0.0967. The van der Waals surface area contributed by atoms with Gasteiger partial charge in [-0.2, -0.15) is 5.10 Å². The lowest BCUT2D eigenvalue weighted by Crippen LogP contribution is -2.24. The molecular formula is C20H22N6OS. The molecule has 1 unspecified atom stereocenters. The maximum absolute atomic E-state index is 12.7.